The molecule has 2 aliphatic carbocycles. The molecule has 0 spiro atoms. The van der Waals surface area contributed by atoms with Crippen molar-refractivity contribution in [2.24, 2.45) is 11.8 Å². The molecule has 33 heavy (non-hydrogen) atoms. The Morgan fingerprint density at radius 3 is 2.18 bits per heavy atom. The van der Waals surface area contributed by atoms with Gasteiger partial charge in [0.25, 0.3) is 5.92 Å². The Hall–Kier alpha value is -3.49. The smallest absolute Gasteiger partial charge is 0.407 e. The summed E-state index contributed by atoms with van der Waals surface area (Å²) in [5.41, 5.74) is 4.38. The molecule has 0 aromatic heterocycles. The highest BCUT2D eigenvalue weighted by molar-refractivity contribution is 5.80. The summed E-state index contributed by atoms with van der Waals surface area (Å²) in [5.74, 6) is -8.73. The highest BCUT2D eigenvalue weighted by atomic mass is 19.3. The van der Waals surface area contributed by atoms with Gasteiger partial charge in [-0.1, -0.05) is 48.5 Å². The van der Waals surface area contributed by atoms with E-state index < -0.39 is 48.3 Å². The van der Waals surface area contributed by atoms with Crippen molar-refractivity contribution in [2.75, 3.05) is 13.2 Å². The van der Waals surface area contributed by atoms with Crippen molar-refractivity contribution in [3.05, 3.63) is 59.7 Å². The van der Waals surface area contributed by atoms with Crippen LogP contribution in [0.25, 0.3) is 11.1 Å². The number of carboxylic acid groups (broad SMARTS) is 1. The van der Waals surface area contributed by atoms with E-state index in [0.29, 0.717) is 0 Å². The quantitative estimate of drug-likeness (QED) is 0.563. The maximum Gasteiger partial charge on any atom is 0.407 e. The molecule has 0 bridgehead atoms. The van der Waals surface area contributed by atoms with Crippen LogP contribution < -0.4 is 10.6 Å². The van der Waals surface area contributed by atoms with Crippen molar-refractivity contribution < 1.29 is 33.0 Å². The van der Waals surface area contributed by atoms with Gasteiger partial charge in [-0.2, -0.15) is 0 Å². The number of carboxylic acids is 1. The summed E-state index contributed by atoms with van der Waals surface area (Å²) in [6, 6.07) is 15.3. The number of carbonyl (C=O) groups is 3. The second kappa shape index (κ2) is 8.80. The summed E-state index contributed by atoms with van der Waals surface area (Å²) >= 11 is 0. The standard InChI is InChI=1S/C24H24F2N2O5/c1-13(10-20(29)27-11-19-21(22(30)31)24(19,25)26)28-23(32)33-12-18-16-8-4-2-6-14(16)15-7-3-5-9-17(15)18/h2-9,13,18-19,21H,10-12H2,1H3,(H,27,29)(H,28,32)(H,30,31)/t13-,19-,21-/m1/s1. The lowest BCUT2D eigenvalue weighted by molar-refractivity contribution is -0.141. The van der Waals surface area contributed by atoms with Crippen LogP contribution in [0.4, 0.5) is 13.6 Å². The van der Waals surface area contributed by atoms with Gasteiger partial charge in [-0.3, -0.25) is 9.59 Å². The van der Waals surface area contributed by atoms with Crippen LogP contribution in [0, 0.1) is 11.8 Å². The van der Waals surface area contributed by atoms with Gasteiger partial charge in [-0.25, -0.2) is 13.6 Å². The molecule has 7 nitrogen and oxygen atoms in total. The van der Waals surface area contributed by atoms with Crippen LogP contribution in [0.1, 0.15) is 30.4 Å². The molecule has 3 atom stereocenters. The van der Waals surface area contributed by atoms with Crippen LogP contribution in [0.5, 0.6) is 0 Å². The zero-order valence-electron chi connectivity index (χ0n) is 17.9. The highest BCUT2D eigenvalue weighted by Crippen LogP contribution is 2.54. The Morgan fingerprint density at radius 2 is 1.64 bits per heavy atom. The number of ether oxygens (including phenoxy) is 1. The molecule has 2 aliphatic rings. The van der Waals surface area contributed by atoms with E-state index in [0.717, 1.165) is 22.3 Å². The molecule has 4 rings (SSSR count). The molecular formula is C24H24F2N2O5. The van der Waals surface area contributed by atoms with E-state index in [1.807, 2.05) is 48.5 Å². The molecular weight excluding hydrogens is 434 g/mol. The molecule has 174 valence electrons. The summed E-state index contributed by atoms with van der Waals surface area (Å²) in [6.07, 6.45) is -0.836. The van der Waals surface area contributed by atoms with Gasteiger partial charge in [0.15, 0.2) is 0 Å². The van der Waals surface area contributed by atoms with Crippen LogP contribution in [-0.2, 0) is 14.3 Å². The normalized spacial score (nSPS) is 20.8. The van der Waals surface area contributed by atoms with Crippen LogP contribution in [0.2, 0.25) is 0 Å². The first-order valence-corrected chi connectivity index (χ1v) is 10.7. The minimum absolute atomic E-state index is 0.0934. The Morgan fingerprint density at radius 1 is 1.06 bits per heavy atom. The van der Waals surface area contributed by atoms with Crippen LogP contribution in [-0.4, -0.2) is 48.2 Å². The zero-order valence-corrected chi connectivity index (χ0v) is 17.9. The van der Waals surface area contributed by atoms with Gasteiger partial charge < -0.3 is 20.5 Å². The van der Waals surface area contributed by atoms with Crippen LogP contribution in [0.15, 0.2) is 48.5 Å². The average molecular weight is 458 g/mol. The van der Waals surface area contributed by atoms with Crippen molar-refractivity contribution in [1.29, 1.82) is 0 Å². The number of nitrogens with one attached hydrogen (secondary N) is 2. The van der Waals surface area contributed by atoms with E-state index in [1.165, 1.54) is 0 Å². The first kappa shape index (κ1) is 22.7. The van der Waals surface area contributed by atoms with Crippen molar-refractivity contribution in [3.63, 3.8) is 0 Å². The lowest BCUT2D eigenvalue weighted by atomic mass is 9.98. The fourth-order valence-electron chi connectivity index (χ4n) is 4.45. The molecule has 0 aliphatic heterocycles. The molecule has 9 heteroatoms. The topological polar surface area (TPSA) is 105 Å². The molecule has 0 saturated heterocycles. The third kappa shape index (κ3) is 4.53. The van der Waals surface area contributed by atoms with Crippen LogP contribution >= 0.6 is 0 Å². The van der Waals surface area contributed by atoms with Crippen molar-refractivity contribution in [1.82, 2.24) is 10.6 Å². The number of amides is 2. The molecule has 0 unspecified atom stereocenters. The number of alkyl halides is 2. The van der Waals surface area contributed by atoms with Crippen LogP contribution in [0.3, 0.4) is 0 Å². The van der Waals surface area contributed by atoms with Gasteiger partial charge in [0.2, 0.25) is 5.91 Å². The Bertz CT molecular complexity index is 1040. The molecule has 3 N–H and O–H groups in total. The second-order valence-electron chi connectivity index (χ2n) is 8.48. The molecule has 1 saturated carbocycles. The number of hydrogen-bond acceptors (Lipinski definition) is 4. The first-order chi connectivity index (χ1) is 15.7. The number of rotatable bonds is 8. The third-order valence-electron chi connectivity index (χ3n) is 6.19. The summed E-state index contributed by atoms with van der Waals surface area (Å²) in [4.78, 5) is 35.0. The van der Waals surface area contributed by atoms with Gasteiger partial charge in [-0.05, 0) is 29.2 Å². The Balaban J connectivity index is 1.24. The Kier molecular flexibility index (Phi) is 6.05. The molecule has 1 fully saturated rings. The third-order valence-corrected chi connectivity index (χ3v) is 6.19. The van der Waals surface area contributed by atoms with E-state index in [-0.39, 0.29) is 18.9 Å². The van der Waals surface area contributed by atoms with E-state index in [9.17, 15) is 23.2 Å². The number of hydrogen-bond donors (Lipinski definition) is 3. The van der Waals surface area contributed by atoms with Gasteiger partial charge in [0.05, 0.1) is 5.92 Å². The predicted molar refractivity (Wildman–Crippen MR) is 115 cm³/mol. The number of aliphatic carboxylic acids is 1. The number of alkyl carbamates (subject to hydrolysis) is 1. The monoisotopic (exact) mass is 458 g/mol. The fraction of sp³-hybridized carbons (Fsp3) is 0.375. The molecule has 0 heterocycles. The molecule has 2 amide bonds. The predicted octanol–water partition coefficient (Wildman–Crippen LogP) is 3.39. The highest BCUT2D eigenvalue weighted by Gasteiger charge is 2.72. The second-order valence-corrected chi connectivity index (χ2v) is 8.48. The molecule has 2 aromatic rings. The lowest BCUT2D eigenvalue weighted by Gasteiger charge is -2.17. The summed E-state index contributed by atoms with van der Waals surface area (Å²) in [6.45, 7) is 1.29. The van der Waals surface area contributed by atoms with Gasteiger partial charge in [0, 0.05) is 24.9 Å². The largest absolute Gasteiger partial charge is 0.481 e. The number of benzene rings is 2. The number of halogens is 2. The lowest BCUT2D eigenvalue weighted by Crippen LogP contribution is -2.38. The van der Waals surface area contributed by atoms with E-state index in [4.69, 9.17) is 9.84 Å². The maximum absolute atomic E-state index is 13.4. The first-order valence-electron chi connectivity index (χ1n) is 10.7. The maximum atomic E-state index is 13.4. The van der Waals surface area contributed by atoms with E-state index in [2.05, 4.69) is 10.6 Å². The van der Waals surface area contributed by atoms with Gasteiger partial charge in [0.1, 0.15) is 12.5 Å². The van der Waals surface area contributed by atoms with Crippen molar-refractivity contribution in [3.8, 4) is 11.1 Å². The molecule has 2 aromatic carbocycles. The van der Waals surface area contributed by atoms with E-state index in [1.54, 1.807) is 6.92 Å². The fourth-order valence-corrected chi connectivity index (χ4v) is 4.45. The summed E-state index contributed by atoms with van der Waals surface area (Å²) in [7, 11) is 0. The van der Waals surface area contributed by atoms with Gasteiger partial charge in [-0.15, -0.1) is 0 Å². The average Bonchev–Trinajstić information content (AvgIpc) is 3.18. The van der Waals surface area contributed by atoms with Gasteiger partial charge >= 0.3 is 12.1 Å². The summed E-state index contributed by atoms with van der Waals surface area (Å²) < 4.78 is 32.2. The number of carbonyl (C=O) groups excluding carboxylic acids is 2. The summed E-state index contributed by atoms with van der Waals surface area (Å²) in [5, 5.41) is 13.6. The van der Waals surface area contributed by atoms with Crippen molar-refractivity contribution in [2.45, 2.75) is 31.2 Å². The van der Waals surface area contributed by atoms with E-state index >= 15 is 0 Å². The minimum atomic E-state index is -3.32. The number of fused-ring (bicyclic) bond motifs is 3. The zero-order chi connectivity index (χ0) is 23.8. The SMILES string of the molecule is C[C@H](CC(=O)NC[C@@H]1[C@H](C(=O)O)C1(F)F)NC(=O)OCC1c2ccccc2-c2ccccc21. The Labute approximate surface area is 189 Å². The molecule has 0 radical (unpaired) electrons. The minimum Gasteiger partial charge on any atom is -0.481 e. The van der Waals surface area contributed by atoms with Crippen molar-refractivity contribution >= 4 is 18.0 Å².